The summed E-state index contributed by atoms with van der Waals surface area (Å²) in [6.07, 6.45) is 6.32. The lowest BCUT2D eigenvalue weighted by Gasteiger charge is -2.26. The molecule has 0 bridgehead atoms. The van der Waals surface area contributed by atoms with Gasteiger partial charge in [0.05, 0.1) is 7.11 Å². The van der Waals surface area contributed by atoms with Gasteiger partial charge in [-0.15, -0.1) is 0 Å². The summed E-state index contributed by atoms with van der Waals surface area (Å²) in [5, 5.41) is 3.67. The first kappa shape index (κ1) is 18.0. The first-order chi connectivity index (χ1) is 9.96. The Hall–Kier alpha value is -1.02. The molecule has 1 aromatic carbocycles. The van der Waals surface area contributed by atoms with Crippen LogP contribution in [0.3, 0.4) is 0 Å². The summed E-state index contributed by atoms with van der Waals surface area (Å²) in [5.74, 6) is 1.70. The summed E-state index contributed by atoms with van der Waals surface area (Å²) in [4.78, 5) is 0. The molecule has 21 heavy (non-hydrogen) atoms. The van der Waals surface area contributed by atoms with E-state index in [1.54, 1.807) is 7.11 Å². The van der Waals surface area contributed by atoms with Gasteiger partial charge in [-0.2, -0.15) is 0 Å². The normalized spacial score (nSPS) is 13.2. The molecule has 1 N–H and O–H groups in total. The van der Waals surface area contributed by atoms with E-state index in [4.69, 9.17) is 4.74 Å². The molecular weight excluding hydrogens is 258 g/mol. The maximum atomic E-state index is 5.50. The average Bonchev–Trinajstić information content (AvgIpc) is 2.44. The standard InChI is InChI=1S/C19H33NO/c1-6-7-8-11-16(15-20-19(2,3)4)14-17-12-9-10-13-18(17)21-5/h9-10,12-13,16,20H,6-8,11,14-15H2,1-5H3. The van der Waals surface area contributed by atoms with Gasteiger partial charge in [0, 0.05) is 5.54 Å². The number of hydrogen-bond donors (Lipinski definition) is 1. The van der Waals surface area contributed by atoms with Gasteiger partial charge in [0.1, 0.15) is 5.75 Å². The lowest BCUT2D eigenvalue weighted by Crippen LogP contribution is -2.39. The monoisotopic (exact) mass is 291 g/mol. The van der Waals surface area contributed by atoms with E-state index in [1.807, 2.05) is 6.07 Å². The molecule has 1 aromatic rings. The van der Waals surface area contributed by atoms with Crippen molar-refractivity contribution in [2.45, 2.75) is 65.3 Å². The summed E-state index contributed by atoms with van der Waals surface area (Å²) in [5.41, 5.74) is 1.52. The van der Waals surface area contributed by atoms with Crippen molar-refractivity contribution in [3.05, 3.63) is 29.8 Å². The largest absolute Gasteiger partial charge is 0.496 e. The Kier molecular flexibility index (Phi) is 7.81. The number of methoxy groups -OCH3 is 1. The van der Waals surface area contributed by atoms with Gasteiger partial charge >= 0.3 is 0 Å². The minimum Gasteiger partial charge on any atom is -0.496 e. The van der Waals surface area contributed by atoms with Crippen LogP contribution in [0.2, 0.25) is 0 Å². The Bertz CT molecular complexity index is 395. The van der Waals surface area contributed by atoms with Crippen molar-refractivity contribution in [2.75, 3.05) is 13.7 Å². The Morgan fingerprint density at radius 2 is 1.86 bits per heavy atom. The molecule has 120 valence electrons. The van der Waals surface area contributed by atoms with E-state index in [0.29, 0.717) is 5.92 Å². The molecule has 0 fully saturated rings. The van der Waals surface area contributed by atoms with Crippen molar-refractivity contribution >= 4 is 0 Å². The topological polar surface area (TPSA) is 21.3 Å². The SMILES string of the molecule is CCCCCC(CNC(C)(C)C)Cc1ccccc1OC. The highest BCUT2D eigenvalue weighted by atomic mass is 16.5. The highest BCUT2D eigenvalue weighted by Gasteiger charge is 2.16. The number of rotatable bonds is 9. The van der Waals surface area contributed by atoms with Gasteiger partial charge in [-0.25, -0.2) is 0 Å². The zero-order valence-corrected chi connectivity index (χ0v) is 14.5. The minimum atomic E-state index is 0.184. The first-order valence-corrected chi connectivity index (χ1v) is 8.33. The molecule has 0 aromatic heterocycles. The second-order valence-electron chi connectivity index (χ2n) is 7.01. The van der Waals surface area contributed by atoms with Gasteiger partial charge in [0.25, 0.3) is 0 Å². The van der Waals surface area contributed by atoms with Crippen LogP contribution in [-0.4, -0.2) is 19.2 Å². The summed E-state index contributed by atoms with van der Waals surface area (Å²) in [7, 11) is 1.76. The molecule has 0 heterocycles. The maximum Gasteiger partial charge on any atom is 0.122 e. The third-order valence-electron chi connectivity index (χ3n) is 3.84. The van der Waals surface area contributed by atoms with Crippen molar-refractivity contribution < 1.29 is 4.74 Å². The van der Waals surface area contributed by atoms with Crippen LogP contribution in [0.4, 0.5) is 0 Å². The zero-order valence-electron chi connectivity index (χ0n) is 14.5. The number of ether oxygens (including phenoxy) is 1. The summed E-state index contributed by atoms with van der Waals surface area (Å²) in [6.45, 7) is 10.0. The van der Waals surface area contributed by atoms with Crippen LogP contribution in [-0.2, 0) is 6.42 Å². The summed E-state index contributed by atoms with van der Waals surface area (Å²) >= 11 is 0. The summed E-state index contributed by atoms with van der Waals surface area (Å²) in [6, 6.07) is 8.42. The molecule has 1 atom stereocenters. The molecule has 0 amide bonds. The average molecular weight is 291 g/mol. The van der Waals surface area contributed by atoms with Crippen molar-refractivity contribution in [3.63, 3.8) is 0 Å². The Morgan fingerprint density at radius 1 is 1.14 bits per heavy atom. The van der Waals surface area contributed by atoms with E-state index in [-0.39, 0.29) is 5.54 Å². The molecule has 0 saturated carbocycles. The predicted octanol–water partition coefficient (Wildman–Crippen LogP) is 4.82. The molecule has 1 rings (SSSR count). The molecule has 0 saturated heterocycles. The smallest absolute Gasteiger partial charge is 0.122 e. The van der Waals surface area contributed by atoms with E-state index < -0.39 is 0 Å². The van der Waals surface area contributed by atoms with E-state index in [9.17, 15) is 0 Å². The fourth-order valence-corrected chi connectivity index (χ4v) is 2.59. The highest BCUT2D eigenvalue weighted by Crippen LogP contribution is 2.23. The summed E-state index contributed by atoms with van der Waals surface area (Å²) < 4.78 is 5.50. The third kappa shape index (κ3) is 7.52. The van der Waals surface area contributed by atoms with Crippen LogP contribution in [0.1, 0.15) is 58.9 Å². The van der Waals surface area contributed by atoms with Gasteiger partial charge in [-0.1, -0.05) is 44.4 Å². The molecule has 2 nitrogen and oxygen atoms in total. The molecule has 0 aliphatic carbocycles. The van der Waals surface area contributed by atoms with E-state index in [0.717, 1.165) is 18.7 Å². The highest BCUT2D eigenvalue weighted by molar-refractivity contribution is 5.33. The van der Waals surface area contributed by atoms with Crippen LogP contribution in [0, 0.1) is 5.92 Å². The predicted molar refractivity (Wildman–Crippen MR) is 92.1 cm³/mol. The fourth-order valence-electron chi connectivity index (χ4n) is 2.59. The van der Waals surface area contributed by atoms with Crippen LogP contribution in [0.5, 0.6) is 5.75 Å². The third-order valence-corrected chi connectivity index (χ3v) is 3.84. The molecule has 0 aliphatic heterocycles. The minimum absolute atomic E-state index is 0.184. The van der Waals surface area contributed by atoms with Gasteiger partial charge < -0.3 is 10.1 Å². The molecule has 2 heteroatoms. The van der Waals surface area contributed by atoms with Gasteiger partial charge in [0.2, 0.25) is 0 Å². The Balaban J connectivity index is 2.66. The van der Waals surface area contributed by atoms with E-state index in [2.05, 4.69) is 51.2 Å². The van der Waals surface area contributed by atoms with Crippen molar-refractivity contribution in [2.24, 2.45) is 5.92 Å². The van der Waals surface area contributed by atoms with E-state index >= 15 is 0 Å². The molecule has 0 spiro atoms. The maximum absolute atomic E-state index is 5.50. The number of para-hydroxylation sites is 1. The molecule has 1 unspecified atom stereocenters. The molecular formula is C19H33NO. The van der Waals surface area contributed by atoms with Crippen molar-refractivity contribution in [3.8, 4) is 5.75 Å². The number of nitrogens with one attached hydrogen (secondary N) is 1. The number of unbranched alkanes of at least 4 members (excludes halogenated alkanes) is 2. The molecule has 0 radical (unpaired) electrons. The van der Waals surface area contributed by atoms with Gasteiger partial charge in [-0.05, 0) is 57.7 Å². The lowest BCUT2D eigenvalue weighted by atomic mass is 9.92. The Morgan fingerprint density at radius 3 is 2.48 bits per heavy atom. The van der Waals surface area contributed by atoms with Crippen molar-refractivity contribution in [1.29, 1.82) is 0 Å². The Labute approximate surface area is 131 Å². The second kappa shape index (κ2) is 9.09. The van der Waals surface area contributed by atoms with Crippen LogP contribution >= 0.6 is 0 Å². The zero-order chi connectivity index (χ0) is 15.7. The molecule has 0 aliphatic rings. The number of hydrogen-bond acceptors (Lipinski definition) is 2. The number of benzene rings is 1. The quantitative estimate of drug-likeness (QED) is 0.658. The van der Waals surface area contributed by atoms with E-state index in [1.165, 1.54) is 31.2 Å². The fraction of sp³-hybridized carbons (Fsp3) is 0.684. The van der Waals surface area contributed by atoms with Crippen LogP contribution < -0.4 is 10.1 Å². The van der Waals surface area contributed by atoms with Crippen LogP contribution in [0.25, 0.3) is 0 Å². The van der Waals surface area contributed by atoms with Gasteiger partial charge in [0.15, 0.2) is 0 Å². The first-order valence-electron chi connectivity index (χ1n) is 8.33. The van der Waals surface area contributed by atoms with Gasteiger partial charge in [-0.3, -0.25) is 0 Å². The lowest BCUT2D eigenvalue weighted by molar-refractivity contribution is 0.345. The van der Waals surface area contributed by atoms with Crippen molar-refractivity contribution in [1.82, 2.24) is 5.32 Å². The second-order valence-corrected chi connectivity index (χ2v) is 7.01. The van der Waals surface area contributed by atoms with Crippen LogP contribution in [0.15, 0.2) is 24.3 Å².